The molecule has 0 heterocycles. The number of aryl methyl sites for hydroxylation is 1. The normalized spacial score (nSPS) is 11.9. The van der Waals surface area contributed by atoms with Crippen LogP contribution in [0.5, 0.6) is 0 Å². The van der Waals surface area contributed by atoms with Crippen LogP contribution in [0.4, 0.5) is 5.69 Å². The van der Waals surface area contributed by atoms with Gasteiger partial charge in [0, 0.05) is 5.69 Å². The van der Waals surface area contributed by atoms with E-state index in [0.29, 0.717) is 12.3 Å². The van der Waals surface area contributed by atoms with E-state index < -0.39 is 6.04 Å². The minimum absolute atomic E-state index is 0. The van der Waals surface area contributed by atoms with Crippen LogP contribution in [-0.4, -0.2) is 11.9 Å². The summed E-state index contributed by atoms with van der Waals surface area (Å²) >= 11 is 0. The molecule has 1 aromatic carbocycles. The Balaban J connectivity index is 0.00000289. The number of anilines is 1. The summed E-state index contributed by atoms with van der Waals surface area (Å²) in [6, 6.07) is 5.43. The molecule has 3 N–H and O–H groups in total. The second-order valence-corrected chi connectivity index (χ2v) is 4.97. The van der Waals surface area contributed by atoms with Crippen molar-refractivity contribution in [2.24, 2.45) is 11.7 Å². The highest BCUT2D eigenvalue weighted by Gasteiger charge is 2.15. The molecule has 0 aliphatic heterocycles. The summed E-state index contributed by atoms with van der Waals surface area (Å²) in [6.45, 7) is 8.15. The topological polar surface area (TPSA) is 55.1 Å². The molecule has 0 aliphatic carbocycles. The predicted molar refractivity (Wildman–Crippen MR) is 79.2 cm³/mol. The van der Waals surface area contributed by atoms with E-state index >= 15 is 0 Å². The Morgan fingerprint density at radius 2 is 1.94 bits per heavy atom. The number of carbonyl (C=O) groups is 1. The van der Waals surface area contributed by atoms with Gasteiger partial charge < -0.3 is 11.1 Å². The van der Waals surface area contributed by atoms with Gasteiger partial charge in [-0.2, -0.15) is 0 Å². The van der Waals surface area contributed by atoms with Gasteiger partial charge in [-0.05, 0) is 43.4 Å². The van der Waals surface area contributed by atoms with Crippen LogP contribution in [0.2, 0.25) is 0 Å². The average molecular weight is 271 g/mol. The lowest BCUT2D eigenvalue weighted by Gasteiger charge is -2.16. The lowest BCUT2D eigenvalue weighted by molar-refractivity contribution is -0.117. The molecule has 18 heavy (non-hydrogen) atoms. The summed E-state index contributed by atoms with van der Waals surface area (Å²) in [5.41, 5.74) is 8.96. The second kappa shape index (κ2) is 7.39. The Morgan fingerprint density at radius 3 is 2.50 bits per heavy atom. The fourth-order valence-electron chi connectivity index (χ4n) is 1.73. The van der Waals surface area contributed by atoms with Gasteiger partial charge in [-0.3, -0.25) is 4.79 Å². The van der Waals surface area contributed by atoms with Gasteiger partial charge in [0.25, 0.3) is 0 Å². The summed E-state index contributed by atoms with van der Waals surface area (Å²) in [5.74, 6) is 0.321. The molecule has 1 aromatic rings. The van der Waals surface area contributed by atoms with Crippen molar-refractivity contribution in [1.29, 1.82) is 0 Å². The van der Waals surface area contributed by atoms with Gasteiger partial charge in [0.2, 0.25) is 5.91 Å². The number of hydrogen-bond acceptors (Lipinski definition) is 2. The van der Waals surface area contributed by atoms with Crippen molar-refractivity contribution in [3.8, 4) is 0 Å². The van der Waals surface area contributed by atoms with Crippen LogP contribution in [0.15, 0.2) is 18.2 Å². The molecule has 0 aliphatic rings. The number of nitrogens with one attached hydrogen (secondary N) is 1. The van der Waals surface area contributed by atoms with Crippen molar-refractivity contribution in [2.45, 2.75) is 40.2 Å². The number of carbonyl (C=O) groups excluding carboxylic acids is 1. The van der Waals surface area contributed by atoms with E-state index in [4.69, 9.17) is 5.73 Å². The largest absolute Gasteiger partial charge is 0.324 e. The van der Waals surface area contributed by atoms with Crippen LogP contribution >= 0.6 is 12.4 Å². The van der Waals surface area contributed by atoms with Crippen LogP contribution in [0.3, 0.4) is 0 Å². The van der Waals surface area contributed by atoms with E-state index in [1.165, 1.54) is 5.56 Å². The molecule has 4 heteroatoms. The fraction of sp³-hybridized carbons (Fsp3) is 0.500. The molecule has 0 unspecified atom stereocenters. The third-order valence-corrected chi connectivity index (χ3v) is 2.92. The van der Waals surface area contributed by atoms with Crippen molar-refractivity contribution >= 4 is 24.0 Å². The Kier molecular flexibility index (Phi) is 6.96. The van der Waals surface area contributed by atoms with E-state index in [1.54, 1.807) is 0 Å². The lowest BCUT2D eigenvalue weighted by atomic mass is 10.0. The SMILES string of the molecule is Cc1cccc(NC(=O)[C@@H](N)CC(C)C)c1C.Cl. The minimum Gasteiger partial charge on any atom is -0.324 e. The maximum absolute atomic E-state index is 11.9. The van der Waals surface area contributed by atoms with Crippen molar-refractivity contribution in [1.82, 2.24) is 0 Å². The summed E-state index contributed by atoms with van der Waals surface area (Å²) in [4.78, 5) is 11.9. The van der Waals surface area contributed by atoms with Crippen LogP contribution in [0.25, 0.3) is 0 Å². The molecule has 0 radical (unpaired) electrons. The number of benzene rings is 1. The quantitative estimate of drug-likeness (QED) is 0.884. The Bertz CT molecular complexity index is 405. The zero-order valence-corrected chi connectivity index (χ0v) is 12.3. The summed E-state index contributed by atoms with van der Waals surface area (Å²) in [7, 11) is 0. The zero-order chi connectivity index (χ0) is 13.0. The molecular weight excluding hydrogens is 248 g/mol. The van der Waals surface area contributed by atoms with Crippen molar-refractivity contribution < 1.29 is 4.79 Å². The first-order chi connectivity index (χ1) is 7.91. The molecule has 0 spiro atoms. The third kappa shape index (κ3) is 4.67. The van der Waals surface area contributed by atoms with Crippen LogP contribution in [0, 0.1) is 19.8 Å². The number of hydrogen-bond donors (Lipinski definition) is 2. The molecule has 1 amide bonds. The number of halogens is 1. The standard InChI is InChI=1S/C14H22N2O.ClH/c1-9(2)8-12(15)14(17)16-13-7-5-6-10(3)11(13)4;/h5-7,9,12H,8,15H2,1-4H3,(H,16,17);1H/t12-;/m0./s1. The molecule has 0 fully saturated rings. The summed E-state index contributed by atoms with van der Waals surface area (Å²) < 4.78 is 0. The second-order valence-electron chi connectivity index (χ2n) is 4.97. The van der Waals surface area contributed by atoms with Gasteiger partial charge in [0.1, 0.15) is 0 Å². The van der Waals surface area contributed by atoms with Crippen molar-refractivity contribution in [2.75, 3.05) is 5.32 Å². The molecule has 0 saturated carbocycles. The maximum Gasteiger partial charge on any atom is 0.241 e. The highest BCUT2D eigenvalue weighted by Crippen LogP contribution is 2.18. The maximum atomic E-state index is 11.9. The van der Waals surface area contributed by atoms with Gasteiger partial charge in [-0.15, -0.1) is 12.4 Å². The summed E-state index contributed by atoms with van der Waals surface area (Å²) in [5, 5.41) is 2.89. The van der Waals surface area contributed by atoms with E-state index in [2.05, 4.69) is 19.2 Å². The van der Waals surface area contributed by atoms with Gasteiger partial charge in [-0.1, -0.05) is 26.0 Å². The van der Waals surface area contributed by atoms with E-state index in [9.17, 15) is 4.79 Å². The molecule has 1 rings (SSSR count). The molecule has 3 nitrogen and oxygen atoms in total. The molecule has 0 bridgehead atoms. The third-order valence-electron chi connectivity index (χ3n) is 2.92. The zero-order valence-electron chi connectivity index (χ0n) is 11.5. The van der Waals surface area contributed by atoms with Crippen LogP contribution in [0.1, 0.15) is 31.4 Å². The predicted octanol–water partition coefficient (Wildman–Crippen LogP) is 3.04. The van der Waals surface area contributed by atoms with Gasteiger partial charge in [0.15, 0.2) is 0 Å². The van der Waals surface area contributed by atoms with Crippen molar-refractivity contribution in [3.63, 3.8) is 0 Å². The first-order valence-corrected chi connectivity index (χ1v) is 6.04. The van der Waals surface area contributed by atoms with Crippen molar-refractivity contribution in [3.05, 3.63) is 29.3 Å². The average Bonchev–Trinajstić information content (AvgIpc) is 2.23. The van der Waals surface area contributed by atoms with Gasteiger partial charge in [-0.25, -0.2) is 0 Å². The number of nitrogens with two attached hydrogens (primary N) is 1. The Labute approximate surface area is 116 Å². The minimum atomic E-state index is -0.435. The van der Waals surface area contributed by atoms with Crippen LogP contribution in [-0.2, 0) is 4.79 Å². The fourth-order valence-corrected chi connectivity index (χ4v) is 1.73. The molecule has 0 aromatic heterocycles. The van der Waals surface area contributed by atoms with Gasteiger partial charge in [0.05, 0.1) is 6.04 Å². The van der Waals surface area contributed by atoms with E-state index in [1.807, 2.05) is 32.0 Å². The monoisotopic (exact) mass is 270 g/mol. The highest BCUT2D eigenvalue weighted by molar-refractivity contribution is 5.95. The van der Waals surface area contributed by atoms with E-state index in [0.717, 1.165) is 11.3 Å². The molecule has 102 valence electrons. The molecule has 0 saturated heterocycles. The Hall–Kier alpha value is -1.06. The number of rotatable bonds is 4. The molecule has 1 atom stereocenters. The van der Waals surface area contributed by atoms with E-state index in [-0.39, 0.29) is 18.3 Å². The Morgan fingerprint density at radius 1 is 1.33 bits per heavy atom. The molecular formula is C14H23ClN2O. The van der Waals surface area contributed by atoms with Crippen LogP contribution < -0.4 is 11.1 Å². The lowest BCUT2D eigenvalue weighted by Crippen LogP contribution is -2.36. The smallest absolute Gasteiger partial charge is 0.241 e. The highest BCUT2D eigenvalue weighted by atomic mass is 35.5. The first-order valence-electron chi connectivity index (χ1n) is 6.04. The van der Waals surface area contributed by atoms with Gasteiger partial charge >= 0.3 is 0 Å². The number of amides is 1. The summed E-state index contributed by atoms with van der Waals surface area (Å²) in [6.07, 6.45) is 0.705. The first kappa shape index (κ1) is 16.9.